The van der Waals surface area contributed by atoms with Gasteiger partial charge in [0.2, 0.25) is 0 Å². The summed E-state index contributed by atoms with van der Waals surface area (Å²) in [7, 11) is 0. The maximum atomic E-state index is 12.0. The van der Waals surface area contributed by atoms with E-state index in [4.69, 9.17) is 9.47 Å². The highest BCUT2D eigenvalue weighted by Gasteiger charge is 2.02. The summed E-state index contributed by atoms with van der Waals surface area (Å²) in [6.07, 6.45) is 5.32. The monoisotopic (exact) mass is 346 g/mol. The third-order valence-electron chi connectivity index (χ3n) is 4.00. The van der Waals surface area contributed by atoms with Crippen LogP contribution in [0.25, 0.3) is 16.8 Å². The molecule has 3 aromatic carbocycles. The van der Waals surface area contributed by atoms with Crippen LogP contribution < -0.4 is 9.47 Å². The zero-order valence-corrected chi connectivity index (χ0v) is 14.9. The number of ether oxygens (including phenoxy) is 2. The van der Waals surface area contributed by atoms with E-state index in [1.807, 2.05) is 60.7 Å². The fourth-order valence-electron chi connectivity index (χ4n) is 2.55. The van der Waals surface area contributed by atoms with Gasteiger partial charge in [-0.15, -0.1) is 0 Å². The molecular weight excluding hydrogens is 324 g/mol. The Morgan fingerprint density at radius 3 is 2.42 bits per heavy atom. The van der Waals surface area contributed by atoms with Crippen molar-refractivity contribution in [3.8, 4) is 11.5 Å². The summed E-state index contributed by atoms with van der Waals surface area (Å²) in [5, 5.41) is 2.16. The molecule has 3 nitrogen and oxygen atoms in total. The van der Waals surface area contributed by atoms with Crippen molar-refractivity contribution in [3.05, 3.63) is 78.4 Å². The molecule has 0 heterocycles. The summed E-state index contributed by atoms with van der Waals surface area (Å²) >= 11 is 0. The van der Waals surface area contributed by atoms with E-state index < -0.39 is 5.97 Å². The minimum absolute atomic E-state index is 0.399. The van der Waals surface area contributed by atoms with E-state index in [1.165, 1.54) is 6.08 Å². The minimum atomic E-state index is -0.399. The zero-order chi connectivity index (χ0) is 18.2. The van der Waals surface area contributed by atoms with Crippen LogP contribution in [0, 0.1) is 0 Å². The van der Waals surface area contributed by atoms with Crippen molar-refractivity contribution in [2.75, 3.05) is 6.61 Å². The largest absolute Gasteiger partial charge is 0.494 e. The molecule has 0 aromatic heterocycles. The van der Waals surface area contributed by atoms with Gasteiger partial charge in [-0.1, -0.05) is 55.8 Å². The second kappa shape index (κ2) is 8.86. The van der Waals surface area contributed by atoms with E-state index in [1.54, 1.807) is 12.1 Å². The molecule has 0 aliphatic rings. The van der Waals surface area contributed by atoms with E-state index in [9.17, 15) is 4.79 Å². The molecule has 0 spiro atoms. The van der Waals surface area contributed by atoms with Crippen LogP contribution in [0.1, 0.15) is 25.3 Å². The number of unbranched alkanes of at least 4 members (excludes halogenated alkanes) is 1. The average Bonchev–Trinajstić information content (AvgIpc) is 2.67. The number of rotatable bonds is 7. The van der Waals surface area contributed by atoms with Gasteiger partial charge in [-0.05, 0) is 53.1 Å². The van der Waals surface area contributed by atoms with Crippen molar-refractivity contribution < 1.29 is 14.3 Å². The Kier molecular flexibility index (Phi) is 6.05. The van der Waals surface area contributed by atoms with Crippen LogP contribution in [0.2, 0.25) is 0 Å². The Hall–Kier alpha value is -3.07. The number of esters is 1. The molecule has 0 N–H and O–H groups in total. The van der Waals surface area contributed by atoms with Crippen molar-refractivity contribution in [2.45, 2.75) is 19.8 Å². The predicted molar refractivity (Wildman–Crippen MR) is 105 cm³/mol. The summed E-state index contributed by atoms with van der Waals surface area (Å²) in [6, 6.07) is 21.2. The van der Waals surface area contributed by atoms with Gasteiger partial charge < -0.3 is 9.47 Å². The van der Waals surface area contributed by atoms with E-state index in [0.29, 0.717) is 5.75 Å². The summed E-state index contributed by atoms with van der Waals surface area (Å²) in [4.78, 5) is 12.0. The molecule has 0 amide bonds. The molecule has 26 heavy (non-hydrogen) atoms. The lowest BCUT2D eigenvalue weighted by molar-refractivity contribution is -0.128. The lowest BCUT2D eigenvalue weighted by atomic mass is 10.1. The smallest absolute Gasteiger partial charge is 0.336 e. The first kappa shape index (κ1) is 17.7. The van der Waals surface area contributed by atoms with Gasteiger partial charge in [0.05, 0.1) is 6.61 Å². The van der Waals surface area contributed by atoms with Gasteiger partial charge in [0, 0.05) is 6.08 Å². The van der Waals surface area contributed by atoms with E-state index in [-0.39, 0.29) is 0 Å². The molecule has 0 saturated heterocycles. The Morgan fingerprint density at radius 1 is 0.923 bits per heavy atom. The first-order chi connectivity index (χ1) is 12.7. The molecule has 0 atom stereocenters. The molecule has 132 valence electrons. The second-order valence-corrected chi connectivity index (χ2v) is 6.03. The number of benzene rings is 3. The molecule has 0 unspecified atom stereocenters. The number of fused-ring (bicyclic) bond motifs is 1. The van der Waals surface area contributed by atoms with Crippen LogP contribution in [-0.4, -0.2) is 12.6 Å². The van der Waals surface area contributed by atoms with Crippen molar-refractivity contribution in [2.24, 2.45) is 0 Å². The van der Waals surface area contributed by atoms with Crippen molar-refractivity contribution in [3.63, 3.8) is 0 Å². The summed E-state index contributed by atoms with van der Waals surface area (Å²) in [6.45, 7) is 2.86. The van der Waals surface area contributed by atoms with Crippen molar-refractivity contribution in [1.82, 2.24) is 0 Å². The van der Waals surface area contributed by atoms with E-state index >= 15 is 0 Å². The molecular formula is C23H22O3. The third kappa shape index (κ3) is 4.96. The molecule has 3 heteroatoms. The number of hydrogen-bond acceptors (Lipinski definition) is 3. The van der Waals surface area contributed by atoms with Gasteiger partial charge in [0.1, 0.15) is 11.5 Å². The average molecular weight is 346 g/mol. The Morgan fingerprint density at radius 2 is 1.65 bits per heavy atom. The van der Waals surface area contributed by atoms with Gasteiger partial charge in [-0.2, -0.15) is 0 Å². The van der Waals surface area contributed by atoms with Crippen LogP contribution in [0.15, 0.2) is 72.8 Å². The highest BCUT2D eigenvalue weighted by Crippen LogP contribution is 2.21. The Labute approximate surface area is 153 Å². The molecule has 0 saturated carbocycles. The van der Waals surface area contributed by atoms with Crippen LogP contribution in [0.4, 0.5) is 0 Å². The number of carbonyl (C=O) groups excluding carboxylic acids is 1. The highest BCUT2D eigenvalue weighted by molar-refractivity contribution is 5.90. The van der Waals surface area contributed by atoms with Gasteiger partial charge >= 0.3 is 5.97 Å². The standard InChI is InChI=1S/C23H22O3/c1-2-3-16-25-21-12-8-18(9-13-21)10-15-23(24)26-22-14-11-19-6-4-5-7-20(19)17-22/h4-15,17H,2-3,16H2,1H3/b15-10+. The fraction of sp³-hybridized carbons (Fsp3) is 0.174. The van der Waals surface area contributed by atoms with E-state index in [2.05, 4.69) is 6.92 Å². The molecule has 0 aliphatic carbocycles. The SMILES string of the molecule is CCCCOc1ccc(/C=C/C(=O)Oc2ccc3ccccc3c2)cc1. The maximum absolute atomic E-state index is 12.0. The van der Waals surface area contributed by atoms with E-state index in [0.717, 1.165) is 41.5 Å². The third-order valence-corrected chi connectivity index (χ3v) is 4.00. The molecule has 3 rings (SSSR count). The summed E-state index contributed by atoms with van der Waals surface area (Å²) in [5.74, 6) is 0.982. The quantitative estimate of drug-likeness (QED) is 0.240. The Balaban J connectivity index is 1.58. The molecule has 0 fully saturated rings. The fourth-order valence-corrected chi connectivity index (χ4v) is 2.55. The lowest BCUT2D eigenvalue weighted by Gasteiger charge is -2.05. The predicted octanol–water partition coefficient (Wildman–Crippen LogP) is 5.64. The topological polar surface area (TPSA) is 35.5 Å². The highest BCUT2D eigenvalue weighted by atomic mass is 16.5. The van der Waals surface area contributed by atoms with Crippen LogP contribution >= 0.6 is 0 Å². The summed E-state index contributed by atoms with van der Waals surface area (Å²) < 4.78 is 11.0. The second-order valence-electron chi connectivity index (χ2n) is 6.03. The zero-order valence-electron chi connectivity index (χ0n) is 14.9. The normalized spacial score (nSPS) is 11.0. The maximum Gasteiger partial charge on any atom is 0.336 e. The van der Waals surface area contributed by atoms with Crippen LogP contribution in [0.3, 0.4) is 0 Å². The van der Waals surface area contributed by atoms with Gasteiger partial charge in [0.15, 0.2) is 0 Å². The van der Waals surface area contributed by atoms with Crippen LogP contribution in [0.5, 0.6) is 11.5 Å². The molecule has 0 radical (unpaired) electrons. The van der Waals surface area contributed by atoms with Crippen LogP contribution in [-0.2, 0) is 4.79 Å². The van der Waals surface area contributed by atoms with Gasteiger partial charge in [0.25, 0.3) is 0 Å². The lowest BCUT2D eigenvalue weighted by Crippen LogP contribution is -2.03. The van der Waals surface area contributed by atoms with Gasteiger partial charge in [-0.25, -0.2) is 4.79 Å². The van der Waals surface area contributed by atoms with Gasteiger partial charge in [-0.3, -0.25) is 0 Å². The molecule has 0 aliphatic heterocycles. The minimum Gasteiger partial charge on any atom is -0.494 e. The first-order valence-electron chi connectivity index (χ1n) is 8.86. The molecule has 0 bridgehead atoms. The first-order valence-corrected chi connectivity index (χ1v) is 8.86. The Bertz CT molecular complexity index is 895. The number of carbonyl (C=O) groups is 1. The number of hydrogen-bond donors (Lipinski definition) is 0. The van der Waals surface area contributed by atoms with Crippen molar-refractivity contribution in [1.29, 1.82) is 0 Å². The van der Waals surface area contributed by atoms with Crippen molar-refractivity contribution >= 4 is 22.8 Å². The summed E-state index contributed by atoms with van der Waals surface area (Å²) in [5.41, 5.74) is 0.920. The molecule has 3 aromatic rings.